The standard InChI is InChI=1S/C14H21N3O2/c18-12(10-14(19)5-1-2-6-14)17-9-3-4-11(17)13-15-7-8-16-13/h7-8,11,19H,1-6,9-10H2,(H,15,16). The zero-order valence-corrected chi connectivity index (χ0v) is 11.1. The number of carbonyl (C=O) groups excluding carboxylic acids is 1. The highest BCUT2D eigenvalue weighted by Gasteiger charge is 2.38. The van der Waals surface area contributed by atoms with E-state index in [1.807, 2.05) is 4.90 Å². The minimum atomic E-state index is -0.757. The number of aromatic nitrogens is 2. The highest BCUT2D eigenvalue weighted by Crippen LogP contribution is 2.36. The third-order valence-electron chi connectivity index (χ3n) is 4.42. The first-order valence-electron chi connectivity index (χ1n) is 7.19. The molecule has 1 saturated carbocycles. The number of nitrogens with one attached hydrogen (secondary N) is 1. The first kappa shape index (κ1) is 12.7. The van der Waals surface area contributed by atoms with Crippen LogP contribution < -0.4 is 0 Å². The normalized spacial score (nSPS) is 25.9. The van der Waals surface area contributed by atoms with Gasteiger partial charge in [0, 0.05) is 18.9 Å². The molecule has 104 valence electrons. The van der Waals surface area contributed by atoms with Gasteiger partial charge < -0.3 is 15.0 Å². The fourth-order valence-electron chi connectivity index (χ4n) is 3.40. The summed E-state index contributed by atoms with van der Waals surface area (Å²) in [5.74, 6) is 0.938. The maximum absolute atomic E-state index is 12.4. The van der Waals surface area contributed by atoms with Crippen LogP contribution in [-0.4, -0.2) is 38.0 Å². The maximum Gasteiger partial charge on any atom is 0.226 e. The van der Waals surface area contributed by atoms with Gasteiger partial charge in [0.15, 0.2) is 0 Å². The number of imidazole rings is 1. The molecule has 5 heteroatoms. The van der Waals surface area contributed by atoms with E-state index < -0.39 is 5.60 Å². The first-order chi connectivity index (χ1) is 9.18. The summed E-state index contributed by atoms with van der Waals surface area (Å²) in [6.45, 7) is 0.778. The number of H-pyrrole nitrogens is 1. The van der Waals surface area contributed by atoms with Crippen LogP contribution in [0.2, 0.25) is 0 Å². The van der Waals surface area contributed by atoms with Crippen molar-refractivity contribution in [2.45, 2.75) is 56.6 Å². The Balaban J connectivity index is 1.69. The van der Waals surface area contributed by atoms with Crippen LogP contribution in [0.5, 0.6) is 0 Å². The second kappa shape index (κ2) is 4.96. The average Bonchev–Trinajstić information content (AvgIpc) is 3.08. The van der Waals surface area contributed by atoms with Crippen molar-refractivity contribution in [3.05, 3.63) is 18.2 Å². The molecule has 2 aliphatic rings. The van der Waals surface area contributed by atoms with Crippen LogP contribution in [0.4, 0.5) is 0 Å². The smallest absolute Gasteiger partial charge is 0.226 e. The quantitative estimate of drug-likeness (QED) is 0.873. The van der Waals surface area contributed by atoms with Gasteiger partial charge in [-0.3, -0.25) is 4.79 Å². The maximum atomic E-state index is 12.4. The Kier molecular flexibility index (Phi) is 3.31. The molecule has 1 amide bonds. The molecule has 1 unspecified atom stereocenters. The molecule has 0 spiro atoms. The fourth-order valence-corrected chi connectivity index (χ4v) is 3.40. The Morgan fingerprint density at radius 2 is 2.26 bits per heavy atom. The van der Waals surface area contributed by atoms with Gasteiger partial charge in [-0.2, -0.15) is 0 Å². The number of aromatic amines is 1. The van der Waals surface area contributed by atoms with E-state index in [-0.39, 0.29) is 18.4 Å². The van der Waals surface area contributed by atoms with Crippen LogP contribution in [0.15, 0.2) is 12.4 Å². The van der Waals surface area contributed by atoms with E-state index in [1.165, 1.54) is 0 Å². The minimum Gasteiger partial charge on any atom is -0.389 e. The zero-order valence-electron chi connectivity index (χ0n) is 11.1. The molecule has 0 radical (unpaired) electrons. The Morgan fingerprint density at radius 3 is 2.95 bits per heavy atom. The van der Waals surface area contributed by atoms with Crippen molar-refractivity contribution < 1.29 is 9.90 Å². The minimum absolute atomic E-state index is 0.0625. The molecule has 0 bridgehead atoms. The van der Waals surface area contributed by atoms with E-state index in [0.717, 1.165) is 50.9 Å². The predicted octanol–water partition coefficient (Wildman–Crippen LogP) is 1.77. The predicted molar refractivity (Wildman–Crippen MR) is 70.3 cm³/mol. The van der Waals surface area contributed by atoms with E-state index >= 15 is 0 Å². The number of hydrogen-bond acceptors (Lipinski definition) is 3. The summed E-state index contributed by atoms with van der Waals surface area (Å²) in [4.78, 5) is 21.7. The molecule has 2 fully saturated rings. The van der Waals surface area contributed by atoms with Gasteiger partial charge in [-0.05, 0) is 25.7 Å². The van der Waals surface area contributed by atoms with Crippen LogP contribution in [0.3, 0.4) is 0 Å². The van der Waals surface area contributed by atoms with Gasteiger partial charge in [0.2, 0.25) is 5.91 Å². The second-order valence-electron chi connectivity index (χ2n) is 5.83. The van der Waals surface area contributed by atoms with Gasteiger partial charge >= 0.3 is 0 Å². The second-order valence-corrected chi connectivity index (χ2v) is 5.83. The first-order valence-corrected chi connectivity index (χ1v) is 7.19. The molecule has 1 aromatic rings. The summed E-state index contributed by atoms with van der Waals surface area (Å²) in [6.07, 6.45) is 9.34. The molecule has 2 heterocycles. The monoisotopic (exact) mass is 263 g/mol. The topological polar surface area (TPSA) is 69.2 Å². The lowest BCUT2D eigenvalue weighted by atomic mass is 9.97. The van der Waals surface area contributed by atoms with E-state index in [0.29, 0.717) is 0 Å². The van der Waals surface area contributed by atoms with Crippen molar-refractivity contribution in [2.24, 2.45) is 0 Å². The van der Waals surface area contributed by atoms with Crippen molar-refractivity contribution in [1.82, 2.24) is 14.9 Å². The van der Waals surface area contributed by atoms with Crippen molar-refractivity contribution in [3.63, 3.8) is 0 Å². The number of amides is 1. The zero-order chi connectivity index (χ0) is 13.3. The van der Waals surface area contributed by atoms with Crippen molar-refractivity contribution >= 4 is 5.91 Å². The average molecular weight is 263 g/mol. The Hall–Kier alpha value is -1.36. The van der Waals surface area contributed by atoms with Crippen molar-refractivity contribution in [3.8, 4) is 0 Å². The Bertz CT molecular complexity index is 438. The lowest BCUT2D eigenvalue weighted by Crippen LogP contribution is -2.38. The van der Waals surface area contributed by atoms with Crippen LogP contribution in [-0.2, 0) is 4.79 Å². The molecule has 1 atom stereocenters. The fraction of sp³-hybridized carbons (Fsp3) is 0.714. The number of rotatable bonds is 3. The molecular formula is C14H21N3O2. The van der Waals surface area contributed by atoms with E-state index in [9.17, 15) is 9.90 Å². The molecule has 1 aromatic heterocycles. The van der Waals surface area contributed by atoms with Gasteiger partial charge in [-0.25, -0.2) is 4.98 Å². The summed E-state index contributed by atoms with van der Waals surface area (Å²) < 4.78 is 0. The van der Waals surface area contributed by atoms with Crippen LogP contribution >= 0.6 is 0 Å². The lowest BCUT2D eigenvalue weighted by molar-refractivity contribution is -0.137. The Morgan fingerprint density at radius 1 is 1.47 bits per heavy atom. The van der Waals surface area contributed by atoms with Crippen LogP contribution in [0.1, 0.15) is 56.8 Å². The SMILES string of the molecule is O=C(CC1(O)CCCC1)N1CCCC1c1ncc[nH]1. The molecule has 0 aromatic carbocycles. The summed E-state index contributed by atoms with van der Waals surface area (Å²) in [5, 5.41) is 10.4. The number of aliphatic hydroxyl groups is 1. The molecule has 5 nitrogen and oxygen atoms in total. The van der Waals surface area contributed by atoms with Gasteiger partial charge in [0.25, 0.3) is 0 Å². The summed E-state index contributed by atoms with van der Waals surface area (Å²) >= 11 is 0. The number of hydrogen-bond donors (Lipinski definition) is 2. The third kappa shape index (κ3) is 2.52. The van der Waals surface area contributed by atoms with Crippen molar-refractivity contribution in [1.29, 1.82) is 0 Å². The van der Waals surface area contributed by atoms with Crippen LogP contribution in [0, 0.1) is 0 Å². The number of carbonyl (C=O) groups is 1. The molecular weight excluding hydrogens is 242 g/mol. The van der Waals surface area contributed by atoms with Gasteiger partial charge in [-0.15, -0.1) is 0 Å². The summed E-state index contributed by atoms with van der Waals surface area (Å²) in [6, 6.07) is 0.0625. The Labute approximate surface area is 113 Å². The molecule has 1 aliphatic carbocycles. The molecule has 1 aliphatic heterocycles. The largest absolute Gasteiger partial charge is 0.389 e. The van der Waals surface area contributed by atoms with Crippen LogP contribution in [0.25, 0.3) is 0 Å². The van der Waals surface area contributed by atoms with E-state index in [1.54, 1.807) is 12.4 Å². The van der Waals surface area contributed by atoms with E-state index in [2.05, 4.69) is 9.97 Å². The lowest BCUT2D eigenvalue weighted by Gasteiger charge is -2.28. The third-order valence-corrected chi connectivity index (χ3v) is 4.42. The number of likely N-dealkylation sites (tertiary alicyclic amines) is 1. The van der Waals surface area contributed by atoms with Gasteiger partial charge in [-0.1, -0.05) is 12.8 Å². The molecule has 2 N–H and O–H groups in total. The summed E-state index contributed by atoms with van der Waals surface area (Å²) in [7, 11) is 0. The molecule has 3 rings (SSSR count). The van der Waals surface area contributed by atoms with E-state index in [4.69, 9.17) is 0 Å². The molecule has 1 saturated heterocycles. The summed E-state index contributed by atoms with van der Waals surface area (Å²) in [5.41, 5.74) is -0.757. The molecule has 19 heavy (non-hydrogen) atoms. The number of nitrogens with zero attached hydrogens (tertiary/aromatic N) is 2. The highest BCUT2D eigenvalue weighted by molar-refractivity contribution is 5.78. The van der Waals surface area contributed by atoms with Crippen molar-refractivity contribution in [2.75, 3.05) is 6.54 Å². The van der Waals surface area contributed by atoms with Gasteiger partial charge in [0.05, 0.1) is 18.1 Å². The van der Waals surface area contributed by atoms with Gasteiger partial charge in [0.1, 0.15) is 5.82 Å². The highest BCUT2D eigenvalue weighted by atomic mass is 16.3.